The number of hydrogen-bond acceptors (Lipinski definition) is 4. The molecule has 1 fully saturated rings. The number of hydrogen-bond donors (Lipinski definition) is 1. The Morgan fingerprint density at radius 2 is 2.03 bits per heavy atom. The molecule has 154 valence electrons. The highest BCUT2D eigenvalue weighted by atomic mass is 19.4. The van der Waals surface area contributed by atoms with E-state index in [0.29, 0.717) is 5.82 Å². The van der Waals surface area contributed by atoms with Crippen molar-refractivity contribution in [2.75, 3.05) is 24.5 Å². The molecule has 2 aromatic rings. The molecule has 1 aliphatic heterocycles. The van der Waals surface area contributed by atoms with Crippen molar-refractivity contribution in [3.05, 3.63) is 59.6 Å². The molecule has 0 unspecified atom stereocenters. The fourth-order valence-electron chi connectivity index (χ4n) is 3.96. The molecule has 0 aromatic carbocycles. The van der Waals surface area contributed by atoms with Crippen molar-refractivity contribution in [3.63, 3.8) is 0 Å². The minimum absolute atomic E-state index is 0.150. The Labute approximate surface area is 167 Å². The van der Waals surface area contributed by atoms with E-state index in [9.17, 15) is 13.2 Å². The third-order valence-electron chi connectivity index (χ3n) is 5.48. The van der Waals surface area contributed by atoms with Gasteiger partial charge in [-0.15, -0.1) is 0 Å². The van der Waals surface area contributed by atoms with Crippen molar-refractivity contribution < 1.29 is 13.2 Å². The van der Waals surface area contributed by atoms with Gasteiger partial charge >= 0.3 is 6.18 Å². The topological polar surface area (TPSA) is 48.1 Å². The first kappa shape index (κ1) is 19.7. The Bertz CT molecular complexity index is 898. The zero-order valence-corrected chi connectivity index (χ0v) is 16.3. The minimum Gasteiger partial charge on any atom is -0.351 e. The van der Waals surface area contributed by atoms with E-state index in [1.807, 2.05) is 6.20 Å². The standard InChI is InChI=1S/C21H24F3N5/c1-15-13-28(14-17-11-26-27-20(17)16-5-3-2-4-6-16)9-10-29(15)19-8-7-18(12-25-19)21(22,23)24/h3,5-8,11-12,15H,2,4,9-10,13-14H2,1H3,(H,26,27)/t15-/m1/s1. The van der Waals surface area contributed by atoms with Crippen LogP contribution >= 0.6 is 0 Å². The highest BCUT2D eigenvalue weighted by Crippen LogP contribution is 2.30. The van der Waals surface area contributed by atoms with Crippen molar-refractivity contribution >= 4 is 11.4 Å². The fraction of sp³-hybridized carbons (Fsp3) is 0.429. The number of halogens is 3. The van der Waals surface area contributed by atoms with Crippen molar-refractivity contribution in [3.8, 4) is 0 Å². The van der Waals surface area contributed by atoms with E-state index >= 15 is 0 Å². The number of aromatic nitrogens is 3. The summed E-state index contributed by atoms with van der Waals surface area (Å²) in [6.07, 6.45) is 7.10. The molecule has 1 saturated heterocycles. The first-order valence-electron chi connectivity index (χ1n) is 9.83. The first-order valence-corrected chi connectivity index (χ1v) is 9.83. The monoisotopic (exact) mass is 403 g/mol. The molecule has 0 amide bonds. The van der Waals surface area contributed by atoms with Crippen molar-refractivity contribution in [1.82, 2.24) is 20.1 Å². The van der Waals surface area contributed by atoms with Gasteiger partial charge in [-0.2, -0.15) is 18.3 Å². The Morgan fingerprint density at radius 1 is 1.17 bits per heavy atom. The number of piperazine rings is 1. The Kier molecular flexibility index (Phi) is 5.45. The predicted molar refractivity (Wildman–Crippen MR) is 106 cm³/mol. The number of nitrogens with one attached hydrogen (secondary N) is 1. The number of anilines is 1. The number of alkyl halides is 3. The van der Waals surface area contributed by atoms with Crippen LogP contribution in [-0.2, 0) is 12.7 Å². The average Bonchev–Trinajstić information content (AvgIpc) is 3.16. The van der Waals surface area contributed by atoms with Crippen LogP contribution in [0.5, 0.6) is 0 Å². The van der Waals surface area contributed by atoms with Crippen LogP contribution in [-0.4, -0.2) is 45.8 Å². The number of allylic oxidation sites excluding steroid dienone is 4. The summed E-state index contributed by atoms with van der Waals surface area (Å²) < 4.78 is 38.3. The molecule has 4 rings (SSSR count). The summed E-state index contributed by atoms with van der Waals surface area (Å²) in [5.74, 6) is 0.589. The summed E-state index contributed by atoms with van der Waals surface area (Å²) >= 11 is 0. The van der Waals surface area contributed by atoms with Gasteiger partial charge in [-0.3, -0.25) is 10.00 Å². The van der Waals surface area contributed by atoms with E-state index in [4.69, 9.17) is 0 Å². The first-order chi connectivity index (χ1) is 13.9. The average molecular weight is 403 g/mol. The minimum atomic E-state index is -4.36. The normalized spacial score (nSPS) is 20.8. The summed E-state index contributed by atoms with van der Waals surface area (Å²) in [6, 6.07) is 2.72. The van der Waals surface area contributed by atoms with E-state index in [2.05, 4.69) is 50.1 Å². The molecule has 0 radical (unpaired) electrons. The Morgan fingerprint density at radius 3 is 2.69 bits per heavy atom. The van der Waals surface area contributed by atoms with Gasteiger partial charge in [-0.05, 0) is 37.5 Å². The Balaban J connectivity index is 1.41. The van der Waals surface area contributed by atoms with E-state index in [0.717, 1.165) is 62.5 Å². The maximum absolute atomic E-state index is 12.8. The second-order valence-corrected chi connectivity index (χ2v) is 7.59. The molecular formula is C21H24F3N5. The van der Waals surface area contributed by atoms with Crippen LogP contribution in [0.1, 0.15) is 36.6 Å². The number of pyridine rings is 1. The lowest BCUT2D eigenvalue weighted by Crippen LogP contribution is -2.51. The summed E-state index contributed by atoms with van der Waals surface area (Å²) in [4.78, 5) is 8.48. The van der Waals surface area contributed by atoms with Crippen LogP contribution in [0.4, 0.5) is 19.0 Å². The van der Waals surface area contributed by atoms with E-state index < -0.39 is 11.7 Å². The predicted octanol–water partition coefficient (Wildman–Crippen LogP) is 4.27. The largest absolute Gasteiger partial charge is 0.417 e. The molecule has 0 spiro atoms. The summed E-state index contributed by atoms with van der Waals surface area (Å²) in [7, 11) is 0. The summed E-state index contributed by atoms with van der Waals surface area (Å²) in [5, 5.41) is 7.35. The second kappa shape index (κ2) is 8.02. The number of nitrogens with zero attached hydrogens (tertiary/aromatic N) is 4. The van der Waals surface area contributed by atoms with Gasteiger partial charge in [0.2, 0.25) is 0 Å². The Hall–Kier alpha value is -2.61. The SMILES string of the molecule is C[C@@H]1CN(Cc2cn[nH]c2C2=CCCC=C2)CCN1c1ccc(C(F)(F)F)cn1. The number of H-pyrrole nitrogens is 1. The number of rotatable bonds is 4. The molecular weight excluding hydrogens is 379 g/mol. The molecule has 1 atom stereocenters. The maximum atomic E-state index is 12.8. The maximum Gasteiger partial charge on any atom is 0.417 e. The fourth-order valence-corrected chi connectivity index (χ4v) is 3.96. The second-order valence-electron chi connectivity index (χ2n) is 7.59. The van der Waals surface area contributed by atoms with Crippen molar-refractivity contribution in [2.45, 2.75) is 38.5 Å². The van der Waals surface area contributed by atoms with Crippen LogP contribution in [0, 0.1) is 0 Å². The van der Waals surface area contributed by atoms with Crippen molar-refractivity contribution in [2.24, 2.45) is 0 Å². The molecule has 5 nitrogen and oxygen atoms in total. The van der Waals surface area contributed by atoms with Crippen LogP contribution in [0.25, 0.3) is 5.57 Å². The van der Waals surface area contributed by atoms with Crippen LogP contribution < -0.4 is 4.90 Å². The molecule has 1 aliphatic carbocycles. The molecule has 2 aromatic heterocycles. The van der Waals surface area contributed by atoms with E-state index in [1.165, 1.54) is 11.6 Å². The van der Waals surface area contributed by atoms with Crippen molar-refractivity contribution in [1.29, 1.82) is 0 Å². The lowest BCUT2D eigenvalue weighted by molar-refractivity contribution is -0.137. The summed E-state index contributed by atoms with van der Waals surface area (Å²) in [5.41, 5.74) is 2.70. The third-order valence-corrected chi connectivity index (χ3v) is 5.48. The zero-order chi connectivity index (χ0) is 20.4. The molecule has 0 saturated carbocycles. The van der Waals surface area contributed by atoms with Crippen LogP contribution in [0.3, 0.4) is 0 Å². The van der Waals surface area contributed by atoms with Gasteiger partial charge in [0, 0.05) is 44.0 Å². The number of aromatic amines is 1. The molecule has 8 heteroatoms. The van der Waals surface area contributed by atoms with E-state index in [1.54, 1.807) is 0 Å². The highest BCUT2D eigenvalue weighted by molar-refractivity contribution is 5.74. The van der Waals surface area contributed by atoms with Gasteiger partial charge < -0.3 is 4.90 Å². The molecule has 0 bridgehead atoms. The smallest absolute Gasteiger partial charge is 0.351 e. The summed E-state index contributed by atoms with van der Waals surface area (Å²) in [6.45, 7) is 5.20. The van der Waals surface area contributed by atoms with Gasteiger partial charge in [-0.1, -0.05) is 18.2 Å². The molecule has 29 heavy (non-hydrogen) atoms. The van der Waals surface area contributed by atoms with Gasteiger partial charge in [0.25, 0.3) is 0 Å². The lowest BCUT2D eigenvalue weighted by Gasteiger charge is -2.40. The molecule has 2 aliphatic rings. The van der Waals surface area contributed by atoms with Gasteiger partial charge in [0.1, 0.15) is 5.82 Å². The van der Waals surface area contributed by atoms with E-state index in [-0.39, 0.29) is 6.04 Å². The van der Waals surface area contributed by atoms with Crippen LogP contribution in [0.15, 0.2) is 42.8 Å². The quantitative estimate of drug-likeness (QED) is 0.828. The van der Waals surface area contributed by atoms with Gasteiger partial charge in [-0.25, -0.2) is 4.98 Å². The lowest BCUT2D eigenvalue weighted by atomic mass is 10.0. The molecule has 3 heterocycles. The zero-order valence-electron chi connectivity index (χ0n) is 16.3. The van der Waals surface area contributed by atoms with Gasteiger partial charge in [0.05, 0.1) is 17.5 Å². The highest BCUT2D eigenvalue weighted by Gasteiger charge is 2.31. The van der Waals surface area contributed by atoms with Gasteiger partial charge in [0.15, 0.2) is 0 Å². The molecule has 1 N–H and O–H groups in total. The van der Waals surface area contributed by atoms with Crippen LogP contribution in [0.2, 0.25) is 0 Å². The third kappa shape index (κ3) is 4.37.